The molecule has 1 aliphatic carbocycles. The SMILES string of the molecule is COc1ccc(F)c(C(=O)NC2CCC(Nc3cc(C(F)(F)F)nc4ccc(Cl)cc34)CC2)c1Cl. The Kier molecular flexibility index (Phi) is 7.28. The fourth-order valence-electron chi connectivity index (χ4n) is 4.22. The molecule has 0 aliphatic heterocycles. The average molecular weight is 530 g/mol. The number of aromatic nitrogens is 1. The van der Waals surface area contributed by atoms with Crippen molar-refractivity contribution >= 4 is 45.7 Å². The van der Waals surface area contributed by atoms with E-state index in [0.29, 0.717) is 41.8 Å². The molecule has 11 heteroatoms. The van der Waals surface area contributed by atoms with Crippen molar-refractivity contribution < 1.29 is 27.1 Å². The van der Waals surface area contributed by atoms with Crippen LogP contribution < -0.4 is 15.4 Å². The highest BCUT2D eigenvalue weighted by Crippen LogP contribution is 2.35. The molecule has 1 aromatic heterocycles. The van der Waals surface area contributed by atoms with Gasteiger partial charge in [0.2, 0.25) is 0 Å². The zero-order chi connectivity index (χ0) is 25.3. The Morgan fingerprint density at radius 1 is 1.06 bits per heavy atom. The topological polar surface area (TPSA) is 63.2 Å². The molecule has 2 N–H and O–H groups in total. The van der Waals surface area contributed by atoms with Gasteiger partial charge in [-0.15, -0.1) is 0 Å². The maximum absolute atomic E-state index is 14.2. The lowest BCUT2D eigenvalue weighted by molar-refractivity contribution is -0.140. The number of ether oxygens (including phenoxy) is 1. The van der Waals surface area contributed by atoms with Gasteiger partial charge in [0.05, 0.1) is 23.2 Å². The Labute approximate surface area is 208 Å². The molecule has 2 aromatic carbocycles. The van der Waals surface area contributed by atoms with E-state index in [2.05, 4.69) is 15.6 Å². The Bertz CT molecular complexity index is 1260. The Morgan fingerprint density at radius 2 is 1.74 bits per heavy atom. The summed E-state index contributed by atoms with van der Waals surface area (Å²) in [5.74, 6) is -1.21. The number of anilines is 1. The third-order valence-electron chi connectivity index (χ3n) is 5.99. The van der Waals surface area contributed by atoms with Gasteiger partial charge in [-0.25, -0.2) is 9.37 Å². The molecule has 1 heterocycles. The van der Waals surface area contributed by atoms with Crippen LogP contribution in [0.5, 0.6) is 5.75 Å². The van der Waals surface area contributed by atoms with Crippen molar-refractivity contribution in [2.45, 2.75) is 43.9 Å². The van der Waals surface area contributed by atoms with Crippen molar-refractivity contribution in [3.8, 4) is 5.75 Å². The number of rotatable bonds is 5. The highest BCUT2D eigenvalue weighted by molar-refractivity contribution is 6.35. The fourth-order valence-corrected chi connectivity index (χ4v) is 4.71. The van der Waals surface area contributed by atoms with E-state index >= 15 is 0 Å². The maximum atomic E-state index is 14.2. The summed E-state index contributed by atoms with van der Waals surface area (Å²) in [6.45, 7) is 0. The summed E-state index contributed by atoms with van der Waals surface area (Å²) in [4.78, 5) is 16.4. The average Bonchev–Trinajstić information content (AvgIpc) is 2.80. The van der Waals surface area contributed by atoms with Crippen molar-refractivity contribution in [3.63, 3.8) is 0 Å². The molecule has 0 saturated heterocycles. The lowest BCUT2D eigenvalue weighted by Gasteiger charge is -2.31. The number of benzene rings is 2. The van der Waals surface area contributed by atoms with E-state index in [1.165, 1.54) is 25.3 Å². The number of hydrogen-bond acceptors (Lipinski definition) is 4. The quantitative estimate of drug-likeness (QED) is 0.354. The van der Waals surface area contributed by atoms with E-state index in [1.54, 1.807) is 6.07 Å². The fraction of sp³-hybridized carbons (Fsp3) is 0.333. The number of methoxy groups -OCH3 is 1. The van der Waals surface area contributed by atoms with Gasteiger partial charge in [0, 0.05) is 28.2 Å². The smallest absolute Gasteiger partial charge is 0.433 e. The molecule has 0 radical (unpaired) electrons. The highest BCUT2D eigenvalue weighted by Gasteiger charge is 2.34. The van der Waals surface area contributed by atoms with E-state index in [9.17, 15) is 22.4 Å². The lowest BCUT2D eigenvalue weighted by Crippen LogP contribution is -2.40. The summed E-state index contributed by atoms with van der Waals surface area (Å²) in [7, 11) is 1.37. The summed E-state index contributed by atoms with van der Waals surface area (Å²) in [6, 6.07) is 7.58. The first kappa shape index (κ1) is 25.3. The van der Waals surface area contributed by atoms with Crippen LogP contribution in [0.2, 0.25) is 10.0 Å². The number of hydrogen-bond donors (Lipinski definition) is 2. The Morgan fingerprint density at radius 3 is 2.40 bits per heavy atom. The van der Waals surface area contributed by atoms with Gasteiger partial charge in [0.15, 0.2) is 0 Å². The van der Waals surface area contributed by atoms with Crippen molar-refractivity contribution in [1.82, 2.24) is 10.3 Å². The molecule has 1 amide bonds. The number of halogens is 6. The predicted octanol–water partition coefficient (Wildman–Crippen LogP) is 6.86. The molecule has 3 aromatic rings. The minimum atomic E-state index is -4.59. The first-order valence-electron chi connectivity index (χ1n) is 10.8. The van der Waals surface area contributed by atoms with Crippen LogP contribution in [-0.2, 0) is 6.18 Å². The minimum Gasteiger partial charge on any atom is -0.495 e. The number of carbonyl (C=O) groups is 1. The third kappa shape index (κ3) is 5.56. The molecule has 1 fully saturated rings. The van der Waals surface area contributed by atoms with Crippen LogP contribution in [0.25, 0.3) is 10.9 Å². The largest absolute Gasteiger partial charge is 0.495 e. The monoisotopic (exact) mass is 529 g/mol. The van der Waals surface area contributed by atoms with Gasteiger partial charge in [-0.3, -0.25) is 4.79 Å². The van der Waals surface area contributed by atoms with Gasteiger partial charge >= 0.3 is 6.18 Å². The van der Waals surface area contributed by atoms with Crippen molar-refractivity contribution in [2.24, 2.45) is 0 Å². The lowest BCUT2D eigenvalue weighted by atomic mass is 9.90. The second-order valence-electron chi connectivity index (χ2n) is 8.32. The number of nitrogens with one attached hydrogen (secondary N) is 2. The number of amides is 1. The maximum Gasteiger partial charge on any atom is 0.433 e. The molecule has 0 unspecified atom stereocenters. The number of fused-ring (bicyclic) bond motifs is 1. The molecular weight excluding hydrogens is 509 g/mol. The van der Waals surface area contributed by atoms with E-state index < -0.39 is 23.6 Å². The second-order valence-corrected chi connectivity index (χ2v) is 9.13. The van der Waals surface area contributed by atoms with Crippen LogP contribution in [-0.4, -0.2) is 30.1 Å². The van der Waals surface area contributed by atoms with E-state index in [1.807, 2.05) is 0 Å². The van der Waals surface area contributed by atoms with Crippen molar-refractivity contribution in [1.29, 1.82) is 0 Å². The van der Waals surface area contributed by atoms with E-state index in [4.69, 9.17) is 27.9 Å². The summed E-state index contributed by atoms with van der Waals surface area (Å²) in [6.07, 6.45) is -2.36. The molecule has 35 heavy (non-hydrogen) atoms. The molecule has 4 rings (SSSR count). The first-order chi connectivity index (χ1) is 16.6. The number of pyridine rings is 1. The first-order valence-corrected chi connectivity index (χ1v) is 11.6. The van der Waals surface area contributed by atoms with Gasteiger partial charge in [-0.05, 0) is 62.1 Å². The zero-order valence-electron chi connectivity index (χ0n) is 18.5. The van der Waals surface area contributed by atoms with Gasteiger partial charge in [0.1, 0.15) is 17.3 Å². The summed E-state index contributed by atoms with van der Waals surface area (Å²) >= 11 is 12.2. The van der Waals surface area contributed by atoms with Crippen molar-refractivity contribution in [3.05, 3.63) is 63.5 Å². The molecule has 1 saturated carbocycles. The van der Waals surface area contributed by atoms with Gasteiger partial charge in [-0.1, -0.05) is 23.2 Å². The van der Waals surface area contributed by atoms with Gasteiger partial charge < -0.3 is 15.4 Å². The summed E-state index contributed by atoms with van der Waals surface area (Å²) in [5, 5.41) is 6.76. The number of carbonyl (C=O) groups excluding carboxylic acids is 1. The van der Waals surface area contributed by atoms with Crippen LogP contribution in [0.15, 0.2) is 36.4 Å². The van der Waals surface area contributed by atoms with E-state index in [-0.39, 0.29) is 33.9 Å². The van der Waals surface area contributed by atoms with Crippen LogP contribution in [0.4, 0.5) is 23.2 Å². The third-order valence-corrected chi connectivity index (χ3v) is 6.60. The van der Waals surface area contributed by atoms with Crippen LogP contribution in [0, 0.1) is 5.82 Å². The summed E-state index contributed by atoms with van der Waals surface area (Å²) < 4.78 is 59.4. The van der Waals surface area contributed by atoms with Crippen LogP contribution in [0.1, 0.15) is 41.7 Å². The van der Waals surface area contributed by atoms with Crippen molar-refractivity contribution in [2.75, 3.05) is 12.4 Å². The Hall–Kier alpha value is -2.78. The molecule has 186 valence electrons. The van der Waals surface area contributed by atoms with Gasteiger partial charge in [-0.2, -0.15) is 13.2 Å². The number of alkyl halides is 3. The predicted molar refractivity (Wildman–Crippen MR) is 127 cm³/mol. The molecule has 0 atom stereocenters. The standard InChI is InChI=1S/C24H21Cl2F4N3O2/c1-35-19-9-7-16(27)21(22(19)26)23(34)32-14-5-3-13(4-6-14)31-18-11-20(24(28,29)30)33-17-8-2-12(25)10-15(17)18/h2,7-11,13-14H,3-6H2,1H3,(H,31,33)(H,32,34). The van der Waals surface area contributed by atoms with E-state index in [0.717, 1.165) is 12.1 Å². The molecule has 0 bridgehead atoms. The van der Waals surface area contributed by atoms with Crippen LogP contribution >= 0.6 is 23.2 Å². The molecule has 1 aliphatic rings. The Balaban J connectivity index is 1.46. The van der Waals surface area contributed by atoms with Gasteiger partial charge in [0.25, 0.3) is 5.91 Å². The molecular formula is C24H21Cl2F4N3O2. The normalized spacial score (nSPS) is 18.4. The number of nitrogens with zero attached hydrogens (tertiary/aromatic N) is 1. The summed E-state index contributed by atoms with van der Waals surface area (Å²) in [5.41, 5.74) is -0.800. The van der Waals surface area contributed by atoms with Crippen LogP contribution in [0.3, 0.4) is 0 Å². The minimum absolute atomic E-state index is 0.107. The molecule has 5 nitrogen and oxygen atoms in total. The molecule has 0 spiro atoms. The highest BCUT2D eigenvalue weighted by atomic mass is 35.5. The second kappa shape index (κ2) is 10.1. The zero-order valence-corrected chi connectivity index (χ0v) is 20.0.